The van der Waals surface area contributed by atoms with Crippen molar-refractivity contribution in [1.29, 1.82) is 0 Å². The molecule has 1 unspecified atom stereocenters. The molecule has 0 aromatic carbocycles. The lowest BCUT2D eigenvalue weighted by Gasteiger charge is -2.54. The Kier molecular flexibility index (Phi) is 4.28. The molecule has 16 heavy (non-hydrogen) atoms. The van der Waals surface area contributed by atoms with Gasteiger partial charge in [0.15, 0.2) is 0 Å². The van der Waals surface area contributed by atoms with E-state index in [9.17, 15) is 13.2 Å². The monoisotopic (exact) mass is 234 g/mol. The lowest BCUT2D eigenvalue weighted by Crippen LogP contribution is -2.53. The topological polar surface area (TPSA) is 0 Å². The highest BCUT2D eigenvalue weighted by Gasteiger charge is 2.61. The standard InChI is InChI=1S/C11H23B2F3/c1-7-8(2,3)10(12,13-6)9(4,5)11(14,15)16/h13H,7,12H2,1-6H3. The van der Waals surface area contributed by atoms with Crippen molar-refractivity contribution >= 4 is 15.1 Å². The Balaban J connectivity index is 5.60. The van der Waals surface area contributed by atoms with Crippen molar-refractivity contribution in [3.05, 3.63) is 0 Å². The molecule has 0 N–H and O–H groups in total. The van der Waals surface area contributed by atoms with E-state index in [1.54, 1.807) is 7.85 Å². The van der Waals surface area contributed by atoms with Crippen LogP contribution in [0, 0.1) is 10.8 Å². The molecule has 0 aliphatic carbocycles. The fourth-order valence-electron chi connectivity index (χ4n) is 2.47. The Morgan fingerprint density at radius 3 is 1.62 bits per heavy atom. The molecular formula is C11H23B2F3. The largest absolute Gasteiger partial charge is 0.393 e. The molecule has 0 fully saturated rings. The van der Waals surface area contributed by atoms with Gasteiger partial charge in [-0.3, -0.25) is 0 Å². The Morgan fingerprint density at radius 1 is 1.06 bits per heavy atom. The van der Waals surface area contributed by atoms with Crippen LogP contribution in [-0.2, 0) is 0 Å². The first-order valence-electron chi connectivity index (χ1n) is 5.94. The summed E-state index contributed by atoms with van der Waals surface area (Å²) in [6, 6.07) is 0. The third-order valence-electron chi connectivity index (χ3n) is 5.17. The molecule has 0 saturated heterocycles. The molecular weight excluding hydrogens is 211 g/mol. The molecule has 0 bridgehead atoms. The molecule has 0 aromatic rings. The molecule has 1 atom stereocenters. The molecule has 0 aromatic heterocycles. The van der Waals surface area contributed by atoms with E-state index in [0.717, 1.165) is 6.42 Å². The van der Waals surface area contributed by atoms with Gasteiger partial charge in [0.1, 0.15) is 15.1 Å². The summed E-state index contributed by atoms with van der Waals surface area (Å²) in [6.45, 7) is 10.3. The van der Waals surface area contributed by atoms with E-state index in [1.165, 1.54) is 13.8 Å². The fraction of sp³-hybridized carbons (Fsp3) is 1.00. The maximum absolute atomic E-state index is 13.2. The van der Waals surface area contributed by atoms with E-state index in [0.29, 0.717) is 7.28 Å². The predicted octanol–water partition coefficient (Wildman–Crippen LogP) is 3.25. The zero-order valence-corrected chi connectivity index (χ0v) is 11.5. The summed E-state index contributed by atoms with van der Waals surface area (Å²) < 4.78 is 39.5. The number of alkyl halides is 3. The fourth-order valence-corrected chi connectivity index (χ4v) is 2.47. The van der Waals surface area contributed by atoms with E-state index in [4.69, 9.17) is 0 Å². The summed E-state index contributed by atoms with van der Waals surface area (Å²) in [5, 5.41) is -0.757. The Hall–Kier alpha value is -0.0801. The van der Waals surface area contributed by atoms with E-state index >= 15 is 0 Å². The summed E-state index contributed by atoms with van der Waals surface area (Å²) in [4.78, 5) is 0. The first-order chi connectivity index (χ1) is 6.87. The van der Waals surface area contributed by atoms with Crippen LogP contribution in [0.25, 0.3) is 0 Å². The molecule has 0 rings (SSSR count). The van der Waals surface area contributed by atoms with Gasteiger partial charge in [-0.05, 0) is 5.41 Å². The van der Waals surface area contributed by atoms with Gasteiger partial charge in [-0.15, -0.1) is 0 Å². The predicted molar refractivity (Wildman–Crippen MR) is 68.2 cm³/mol. The molecule has 94 valence electrons. The molecule has 0 aliphatic heterocycles. The minimum absolute atomic E-state index is 0.333. The summed E-state index contributed by atoms with van der Waals surface area (Å²) in [5.41, 5.74) is -2.00. The Labute approximate surface area is 99.0 Å². The van der Waals surface area contributed by atoms with E-state index in [1.807, 2.05) is 27.6 Å². The van der Waals surface area contributed by atoms with Crippen molar-refractivity contribution in [2.75, 3.05) is 0 Å². The zero-order valence-electron chi connectivity index (χ0n) is 11.5. The zero-order chi connectivity index (χ0) is 13.4. The molecule has 0 spiro atoms. The van der Waals surface area contributed by atoms with Crippen molar-refractivity contribution in [1.82, 2.24) is 0 Å². The molecule has 0 heterocycles. The number of hydrogen-bond donors (Lipinski definition) is 0. The van der Waals surface area contributed by atoms with Crippen LogP contribution in [-0.4, -0.2) is 21.3 Å². The number of rotatable bonds is 4. The molecule has 0 aliphatic rings. The second-order valence-electron chi connectivity index (χ2n) is 6.05. The lowest BCUT2D eigenvalue weighted by molar-refractivity contribution is -0.226. The highest BCUT2D eigenvalue weighted by atomic mass is 19.4. The quantitative estimate of drug-likeness (QED) is 0.655. The van der Waals surface area contributed by atoms with Gasteiger partial charge in [-0.1, -0.05) is 53.1 Å². The highest BCUT2D eigenvalue weighted by Crippen LogP contribution is 2.62. The first-order valence-corrected chi connectivity index (χ1v) is 5.94. The van der Waals surface area contributed by atoms with Crippen molar-refractivity contribution < 1.29 is 13.2 Å². The van der Waals surface area contributed by atoms with Crippen molar-refractivity contribution in [3.63, 3.8) is 0 Å². The second-order valence-corrected chi connectivity index (χ2v) is 6.05. The highest BCUT2D eigenvalue weighted by molar-refractivity contribution is 6.53. The molecule has 5 heteroatoms. The van der Waals surface area contributed by atoms with Crippen LogP contribution in [0.1, 0.15) is 41.0 Å². The van der Waals surface area contributed by atoms with Gasteiger partial charge in [-0.25, -0.2) is 0 Å². The van der Waals surface area contributed by atoms with Crippen LogP contribution in [0.15, 0.2) is 0 Å². The van der Waals surface area contributed by atoms with Gasteiger partial charge in [0, 0.05) is 0 Å². The van der Waals surface area contributed by atoms with Crippen LogP contribution in [0.3, 0.4) is 0 Å². The molecule has 0 amide bonds. The van der Waals surface area contributed by atoms with E-state index in [2.05, 4.69) is 0 Å². The van der Waals surface area contributed by atoms with Crippen LogP contribution >= 0.6 is 0 Å². The summed E-state index contributed by atoms with van der Waals surface area (Å²) in [7, 11) is 2.30. The van der Waals surface area contributed by atoms with Crippen LogP contribution < -0.4 is 0 Å². The number of hydrogen-bond acceptors (Lipinski definition) is 0. The van der Waals surface area contributed by atoms with Gasteiger partial charge in [0.25, 0.3) is 0 Å². The van der Waals surface area contributed by atoms with Gasteiger partial charge in [0.05, 0.1) is 5.41 Å². The average Bonchev–Trinajstić information content (AvgIpc) is 2.14. The smallest absolute Gasteiger partial charge is 0.171 e. The Bertz CT molecular complexity index is 246. The minimum Gasteiger partial charge on any atom is -0.171 e. The first kappa shape index (κ1) is 15.9. The second kappa shape index (κ2) is 4.30. The van der Waals surface area contributed by atoms with Crippen molar-refractivity contribution in [2.45, 2.75) is 59.3 Å². The van der Waals surface area contributed by atoms with Gasteiger partial charge < -0.3 is 0 Å². The summed E-state index contributed by atoms with van der Waals surface area (Å²) >= 11 is 0. The van der Waals surface area contributed by atoms with Crippen molar-refractivity contribution in [2.24, 2.45) is 10.8 Å². The van der Waals surface area contributed by atoms with Gasteiger partial charge in [-0.2, -0.15) is 13.2 Å². The van der Waals surface area contributed by atoms with Crippen LogP contribution in [0.5, 0.6) is 0 Å². The van der Waals surface area contributed by atoms with Gasteiger partial charge >= 0.3 is 6.18 Å². The molecule has 0 saturated carbocycles. The van der Waals surface area contributed by atoms with Crippen LogP contribution in [0.2, 0.25) is 12.0 Å². The third-order valence-corrected chi connectivity index (χ3v) is 5.17. The summed E-state index contributed by atoms with van der Waals surface area (Å²) in [6.07, 6.45) is -3.42. The molecule has 0 nitrogen and oxygen atoms in total. The average molecular weight is 234 g/mol. The Morgan fingerprint density at radius 2 is 1.44 bits per heavy atom. The lowest BCUT2D eigenvalue weighted by atomic mass is 9.27. The van der Waals surface area contributed by atoms with Crippen molar-refractivity contribution in [3.8, 4) is 0 Å². The normalized spacial score (nSPS) is 18.1. The maximum atomic E-state index is 13.2. The maximum Gasteiger partial charge on any atom is 0.393 e. The van der Waals surface area contributed by atoms with Crippen LogP contribution in [0.4, 0.5) is 13.2 Å². The summed E-state index contributed by atoms with van der Waals surface area (Å²) in [5.74, 6) is 0. The van der Waals surface area contributed by atoms with E-state index < -0.39 is 16.8 Å². The van der Waals surface area contributed by atoms with Gasteiger partial charge in [0.2, 0.25) is 0 Å². The third kappa shape index (κ3) is 2.14. The SMILES string of the molecule is BC(BC)(C(C)(C)CC)C(C)(C)C(F)(F)F. The number of halogens is 3. The molecule has 0 radical (unpaired) electrons. The van der Waals surface area contributed by atoms with E-state index in [-0.39, 0.29) is 5.41 Å². The minimum atomic E-state index is -4.16.